The van der Waals surface area contributed by atoms with Crippen LogP contribution in [-0.4, -0.2) is 31.2 Å². The Morgan fingerprint density at radius 2 is 1.94 bits per heavy atom. The van der Waals surface area contributed by atoms with Gasteiger partial charge >= 0.3 is 0 Å². The number of methoxy groups -OCH3 is 2. The van der Waals surface area contributed by atoms with Gasteiger partial charge < -0.3 is 14.8 Å². The summed E-state index contributed by atoms with van der Waals surface area (Å²) in [5, 5.41) is 3.06. The standard InChI is InChI=1S/C28H38N2O3/c1-5-6-7-14-24(25-17-18-26(32-3)27(20-25)33-4)15-9-16-28(31)30-22(2)11-8-12-23-13-10-19-29-21-23/h9-10,13,15-22H,5-8,11-12,14H2,1-4H3,(H,30,31)/b16-9+,24-15+/t22-/m1/s1. The molecular formula is C28H38N2O3. The lowest BCUT2D eigenvalue weighted by Gasteiger charge is -2.13. The molecule has 2 aromatic rings. The number of carbonyl (C=O) groups is 1. The number of pyridine rings is 1. The minimum absolute atomic E-state index is 0.0691. The third-order valence-electron chi connectivity index (χ3n) is 5.56. The predicted octanol–water partition coefficient (Wildman–Crippen LogP) is 6.15. The van der Waals surface area contributed by atoms with Crippen LogP contribution in [0.1, 0.15) is 63.5 Å². The molecular weight excluding hydrogens is 412 g/mol. The van der Waals surface area contributed by atoms with E-state index < -0.39 is 0 Å². The first-order valence-corrected chi connectivity index (χ1v) is 11.9. The topological polar surface area (TPSA) is 60.5 Å². The van der Waals surface area contributed by atoms with Gasteiger partial charge in [0.2, 0.25) is 5.91 Å². The smallest absolute Gasteiger partial charge is 0.244 e. The van der Waals surface area contributed by atoms with Crippen molar-refractivity contribution in [2.75, 3.05) is 14.2 Å². The third kappa shape index (κ3) is 9.52. The van der Waals surface area contributed by atoms with Crippen molar-refractivity contribution < 1.29 is 14.3 Å². The minimum atomic E-state index is -0.0691. The normalized spacial score (nSPS) is 12.5. The maximum atomic E-state index is 12.4. The molecule has 0 unspecified atom stereocenters. The van der Waals surface area contributed by atoms with E-state index in [1.165, 1.54) is 17.6 Å². The summed E-state index contributed by atoms with van der Waals surface area (Å²) >= 11 is 0. The molecule has 1 amide bonds. The van der Waals surface area contributed by atoms with Gasteiger partial charge in [0.05, 0.1) is 14.2 Å². The Balaban J connectivity index is 1.95. The van der Waals surface area contributed by atoms with Gasteiger partial charge in [-0.2, -0.15) is 0 Å². The van der Waals surface area contributed by atoms with E-state index in [2.05, 4.69) is 23.3 Å². The number of amides is 1. The summed E-state index contributed by atoms with van der Waals surface area (Å²) in [4.78, 5) is 16.5. The molecule has 0 aliphatic heterocycles. The second kappa shape index (κ2) is 14.9. The number of nitrogens with zero attached hydrogens (tertiary/aromatic N) is 1. The van der Waals surface area contributed by atoms with Crippen LogP contribution in [0, 0.1) is 0 Å². The zero-order valence-corrected chi connectivity index (χ0v) is 20.5. The highest BCUT2D eigenvalue weighted by Gasteiger charge is 2.08. The Hall–Kier alpha value is -3.08. The summed E-state index contributed by atoms with van der Waals surface area (Å²) < 4.78 is 10.8. The minimum Gasteiger partial charge on any atom is -0.493 e. The van der Waals surface area contributed by atoms with Crippen molar-refractivity contribution >= 4 is 11.5 Å². The maximum Gasteiger partial charge on any atom is 0.244 e. The molecule has 0 radical (unpaired) electrons. The van der Waals surface area contributed by atoms with Crippen LogP contribution in [0.3, 0.4) is 0 Å². The highest BCUT2D eigenvalue weighted by molar-refractivity contribution is 5.88. The van der Waals surface area contributed by atoms with Gasteiger partial charge in [0.25, 0.3) is 0 Å². The molecule has 33 heavy (non-hydrogen) atoms. The number of hydrogen-bond donors (Lipinski definition) is 1. The van der Waals surface area contributed by atoms with Gasteiger partial charge in [-0.05, 0) is 73.9 Å². The number of carbonyl (C=O) groups excluding carboxylic acids is 1. The van der Waals surface area contributed by atoms with E-state index in [1.54, 1.807) is 26.5 Å². The van der Waals surface area contributed by atoms with Crippen LogP contribution in [0.4, 0.5) is 0 Å². The molecule has 0 saturated heterocycles. The number of aromatic nitrogens is 1. The summed E-state index contributed by atoms with van der Waals surface area (Å²) in [7, 11) is 3.28. The van der Waals surface area contributed by atoms with E-state index in [9.17, 15) is 4.79 Å². The fraction of sp³-hybridized carbons (Fsp3) is 0.429. The van der Waals surface area contributed by atoms with Crippen LogP contribution in [0.2, 0.25) is 0 Å². The number of ether oxygens (including phenoxy) is 2. The van der Waals surface area contributed by atoms with Crippen molar-refractivity contribution in [3.8, 4) is 11.5 Å². The average molecular weight is 451 g/mol. The maximum absolute atomic E-state index is 12.4. The quantitative estimate of drug-likeness (QED) is 0.213. The number of benzene rings is 1. The summed E-state index contributed by atoms with van der Waals surface area (Å²) in [5.74, 6) is 1.35. The Bertz CT molecular complexity index is 907. The number of unbranched alkanes of at least 4 members (excludes halogenated alkanes) is 2. The average Bonchev–Trinajstić information content (AvgIpc) is 2.83. The molecule has 1 aromatic carbocycles. The molecule has 0 fully saturated rings. The predicted molar refractivity (Wildman–Crippen MR) is 136 cm³/mol. The zero-order chi connectivity index (χ0) is 23.9. The van der Waals surface area contributed by atoms with Crippen molar-refractivity contribution in [1.82, 2.24) is 10.3 Å². The fourth-order valence-corrected chi connectivity index (χ4v) is 3.70. The largest absolute Gasteiger partial charge is 0.493 e. The Labute approximate surface area is 198 Å². The SMILES string of the molecule is CCCCC/C(=C\C=C\C(=O)N[C@H](C)CCCc1cccnc1)c1ccc(OC)c(OC)c1. The number of aryl methyl sites for hydroxylation is 1. The molecule has 1 atom stereocenters. The third-order valence-corrected chi connectivity index (χ3v) is 5.56. The fourth-order valence-electron chi connectivity index (χ4n) is 3.70. The molecule has 0 bridgehead atoms. The lowest BCUT2D eigenvalue weighted by Crippen LogP contribution is -2.31. The van der Waals surface area contributed by atoms with Crippen molar-refractivity contribution in [2.24, 2.45) is 0 Å². The van der Waals surface area contributed by atoms with Crippen LogP contribution in [0.15, 0.2) is 61.0 Å². The molecule has 1 heterocycles. The summed E-state index contributed by atoms with van der Waals surface area (Å²) in [6, 6.07) is 10.1. The number of allylic oxidation sites excluding steroid dienone is 3. The van der Waals surface area contributed by atoms with Gasteiger partial charge in [-0.25, -0.2) is 0 Å². The van der Waals surface area contributed by atoms with Gasteiger partial charge in [0, 0.05) is 24.5 Å². The van der Waals surface area contributed by atoms with Crippen LogP contribution < -0.4 is 14.8 Å². The lowest BCUT2D eigenvalue weighted by molar-refractivity contribution is -0.117. The van der Waals surface area contributed by atoms with Crippen LogP contribution >= 0.6 is 0 Å². The van der Waals surface area contributed by atoms with Gasteiger partial charge in [0.1, 0.15) is 0 Å². The molecule has 5 nitrogen and oxygen atoms in total. The van der Waals surface area contributed by atoms with E-state index in [0.29, 0.717) is 11.5 Å². The molecule has 0 saturated carbocycles. The second-order valence-electron chi connectivity index (χ2n) is 8.24. The number of nitrogens with one attached hydrogen (secondary N) is 1. The first kappa shape index (κ1) is 26.2. The monoisotopic (exact) mass is 450 g/mol. The zero-order valence-electron chi connectivity index (χ0n) is 20.5. The Morgan fingerprint density at radius 1 is 1.12 bits per heavy atom. The van der Waals surface area contributed by atoms with Gasteiger partial charge in [0.15, 0.2) is 11.5 Å². The van der Waals surface area contributed by atoms with Crippen LogP contribution in [0.25, 0.3) is 5.57 Å². The van der Waals surface area contributed by atoms with E-state index in [-0.39, 0.29) is 11.9 Å². The first-order valence-electron chi connectivity index (χ1n) is 11.9. The van der Waals surface area contributed by atoms with Crippen molar-refractivity contribution in [3.05, 3.63) is 72.1 Å². The van der Waals surface area contributed by atoms with Crippen LogP contribution in [-0.2, 0) is 11.2 Å². The van der Waals surface area contributed by atoms with Crippen LogP contribution in [0.5, 0.6) is 11.5 Å². The summed E-state index contributed by atoms with van der Waals surface area (Å²) in [6.45, 7) is 4.24. The molecule has 0 aliphatic carbocycles. The van der Waals surface area contributed by atoms with E-state index in [1.807, 2.05) is 49.5 Å². The van der Waals surface area contributed by atoms with E-state index in [4.69, 9.17) is 9.47 Å². The molecule has 1 aromatic heterocycles. The summed E-state index contributed by atoms with van der Waals surface area (Å²) in [5.41, 5.74) is 3.49. The highest BCUT2D eigenvalue weighted by Crippen LogP contribution is 2.32. The molecule has 5 heteroatoms. The van der Waals surface area contributed by atoms with Crippen molar-refractivity contribution in [1.29, 1.82) is 0 Å². The van der Waals surface area contributed by atoms with Crippen molar-refractivity contribution in [3.63, 3.8) is 0 Å². The first-order chi connectivity index (χ1) is 16.1. The lowest BCUT2D eigenvalue weighted by atomic mass is 9.98. The second-order valence-corrected chi connectivity index (χ2v) is 8.24. The molecule has 0 aliphatic rings. The van der Waals surface area contributed by atoms with Crippen molar-refractivity contribution in [2.45, 2.75) is 64.8 Å². The molecule has 2 rings (SSSR count). The Morgan fingerprint density at radius 3 is 2.64 bits per heavy atom. The number of hydrogen-bond acceptors (Lipinski definition) is 4. The molecule has 1 N–H and O–H groups in total. The molecule has 178 valence electrons. The number of rotatable bonds is 14. The molecule has 0 spiro atoms. The Kier molecular flexibility index (Phi) is 11.8. The van der Waals surface area contributed by atoms with E-state index >= 15 is 0 Å². The van der Waals surface area contributed by atoms with Gasteiger partial charge in [-0.1, -0.05) is 44.1 Å². The summed E-state index contributed by atoms with van der Waals surface area (Å²) in [6.07, 6.45) is 16.5. The van der Waals surface area contributed by atoms with Gasteiger partial charge in [-0.3, -0.25) is 9.78 Å². The van der Waals surface area contributed by atoms with E-state index in [0.717, 1.165) is 44.1 Å². The highest BCUT2D eigenvalue weighted by atomic mass is 16.5. The van der Waals surface area contributed by atoms with Gasteiger partial charge in [-0.15, -0.1) is 0 Å².